The molecular formula is C23H25N3O3. The second kappa shape index (κ2) is 8.57. The van der Waals surface area contributed by atoms with Crippen LogP contribution < -0.4 is 5.43 Å². The number of aryl methyl sites for hydroxylation is 1. The third-order valence-electron chi connectivity index (χ3n) is 5.44. The molecule has 4 rings (SSSR count). The first-order chi connectivity index (χ1) is 14.1. The Labute approximate surface area is 169 Å². The van der Waals surface area contributed by atoms with Crippen LogP contribution in [0.5, 0.6) is 0 Å². The molecule has 0 saturated carbocycles. The highest BCUT2D eigenvalue weighted by Gasteiger charge is 2.23. The summed E-state index contributed by atoms with van der Waals surface area (Å²) < 4.78 is 7.70. The molecule has 0 N–H and O–H groups in total. The smallest absolute Gasteiger partial charge is 0.242 e. The van der Waals surface area contributed by atoms with Crippen molar-refractivity contribution in [3.05, 3.63) is 76.3 Å². The van der Waals surface area contributed by atoms with Crippen molar-refractivity contribution in [2.75, 3.05) is 13.2 Å². The van der Waals surface area contributed by atoms with E-state index >= 15 is 0 Å². The van der Waals surface area contributed by atoms with Crippen molar-refractivity contribution in [1.82, 2.24) is 14.5 Å². The lowest BCUT2D eigenvalue weighted by Gasteiger charge is -2.27. The van der Waals surface area contributed by atoms with E-state index in [1.807, 2.05) is 46.7 Å². The first kappa shape index (κ1) is 19.3. The van der Waals surface area contributed by atoms with Gasteiger partial charge in [-0.2, -0.15) is 0 Å². The third kappa shape index (κ3) is 4.38. The Morgan fingerprint density at radius 1 is 1.24 bits per heavy atom. The van der Waals surface area contributed by atoms with Crippen LogP contribution in [0.3, 0.4) is 0 Å². The fraction of sp³-hybridized carbons (Fsp3) is 0.348. The molecule has 1 saturated heterocycles. The molecule has 6 heteroatoms. The fourth-order valence-corrected chi connectivity index (χ4v) is 3.90. The summed E-state index contributed by atoms with van der Waals surface area (Å²) in [5, 5.41) is 0.630. The molecule has 0 spiro atoms. The standard InChI is InChI=1S/C23H25N3O3/c1-17-13-22(27)20-6-2-3-7-21(20)26(17)16-23(28)25(15-19-5-4-12-29-19)14-18-8-10-24-11-9-18/h2-3,6-11,13,19H,4-5,12,14-16H2,1H3. The highest BCUT2D eigenvalue weighted by Crippen LogP contribution is 2.17. The largest absolute Gasteiger partial charge is 0.376 e. The van der Waals surface area contributed by atoms with Gasteiger partial charge in [0.1, 0.15) is 6.54 Å². The minimum atomic E-state index is -0.0187. The Balaban J connectivity index is 1.62. The highest BCUT2D eigenvalue weighted by molar-refractivity contribution is 5.82. The number of pyridine rings is 2. The van der Waals surface area contributed by atoms with Crippen LogP contribution in [0, 0.1) is 6.92 Å². The van der Waals surface area contributed by atoms with E-state index in [0.29, 0.717) is 18.5 Å². The maximum Gasteiger partial charge on any atom is 0.242 e. The molecule has 0 aliphatic carbocycles. The van der Waals surface area contributed by atoms with E-state index in [4.69, 9.17) is 4.74 Å². The number of fused-ring (bicyclic) bond motifs is 1. The number of nitrogens with zero attached hydrogens (tertiary/aromatic N) is 3. The average molecular weight is 391 g/mol. The van der Waals surface area contributed by atoms with E-state index in [1.165, 1.54) is 0 Å². The highest BCUT2D eigenvalue weighted by atomic mass is 16.5. The molecule has 3 aromatic rings. The molecular weight excluding hydrogens is 366 g/mol. The van der Waals surface area contributed by atoms with Crippen molar-refractivity contribution in [1.29, 1.82) is 0 Å². The maximum atomic E-state index is 13.3. The van der Waals surface area contributed by atoms with Crippen LogP contribution in [0.1, 0.15) is 24.1 Å². The van der Waals surface area contributed by atoms with E-state index in [0.717, 1.165) is 36.2 Å². The van der Waals surface area contributed by atoms with Crippen molar-refractivity contribution in [3.8, 4) is 0 Å². The first-order valence-corrected chi connectivity index (χ1v) is 9.99. The van der Waals surface area contributed by atoms with Gasteiger partial charge in [0.25, 0.3) is 0 Å². The maximum absolute atomic E-state index is 13.3. The number of ether oxygens (including phenoxy) is 1. The molecule has 29 heavy (non-hydrogen) atoms. The normalized spacial score (nSPS) is 16.2. The Morgan fingerprint density at radius 2 is 2.03 bits per heavy atom. The second-order valence-corrected chi connectivity index (χ2v) is 7.52. The summed E-state index contributed by atoms with van der Waals surface area (Å²) in [6.07, 6.45) is 5.56. The summed E-state index contributed by atoms with van der Waals surface area (Å²) in [6, 6.07) is 12.9. The van der Waals surface area contributed by atoms with Crippen LogP contribution in [-0.4, -0.2) is 39.6 Å². The zero-order chi connectivity index (χ0) is 20.2. The molecule has 6 nitrogen and oxygen atoms in total. The minimum absolute atomic E-state index is 0.00853. The summed E-state index contributed by atoms with van der Waals surface area (Å²) >= 11 is 0. The number of benzene rings is 1. The molecule has 1 aliphatic heterocycles. The van der Waals surface area contributed by atoms with Crippen LogP contribution in [0.15, 0.2) is 59.7 Å². The molecule has 1 atom stereocenters. The number of hydrogen-bond donors (Lipinski definition) is 0. The van der Waals surface area contributed by atoms with E-state index in [2.05, 4.69) is 4.98 Å². The van der Waals surface area contributed by atoms with Gasteiger partial charge in [0.15, 0.2) is 5.43 Å². The van der Waals surface area contributed by atoms with Gasteiger partial charge in [0.05, 0.1) is 11.6 Å². The van der Waals surface area contributed by atoms with Gasteiger partial charge in [-0.05, 0) is 49.6 Å². The number of rotatable bonds is 6. The third-order valence-corrected chi connectivity index (χ3v) is 5.44. The predicted molar refractivity (Wildman–Crippen MR) is 112 cm³/mol. The minimum Gasteiger partial charge on any atom is -0.376 e. The van der Waals surface area contributed by atoms with Crippen molar-refractivity contribution < 1.29 is 9.53 Å². The quantitative estimate of drug-likeness (QED) is 0.648. The zero-order valence-electron chi connectivity index (χ0n) is 16.6. The molecule has 0 radical (unpaired) electrons. The summed E-state index contributed by atoms with van der Waals surface area (Å²) in [6.45, 7) is 3.89. The zero-order valence-corrected chi connectivity index (χ0v) is 16.6. The Bertz CT molecular complexity index is 1060. The Kier molecular flexibility index (Phi) is 5.71. The fourth-order valence-electron chi connectivity index (χ4n) is 3.90. The van der Waals surface area contributed by atoms with Gasteiger partial charge in [-0.15, -0.1) is 0 Å². The molecule has 1 fully saturated rings. The van der Waals surface area contributed by atoms with Crippen LogP contribution in [0.4, 0.5) is 0 Å². The summed E-state index contributed by atoms with van der Waals surface area (Å²) in [5.41, 5.74) is 2.58. The number of aromatic nitrogens is 2. The van der Waals surface area contributed by atoms with Crippen molar-refractivity contribution in [2.45, 2.75) is 39.0 Å². The first-order valence-electron chi connectivity index (χ1n) is 9.99. The lowest BCUT2D eigenvalue weighted by Crippen LogP contribution is -2.39. The van der Waals surface area contributed by atoms with Gasteiger partial charge in [-0.1, -0.05) is 12.1 Å². The number of carbonyl (C=O) groups excluding carboxylic acids is 1. The van der Waals surface area contributed by atoms with Gasteiger partial charge in [0, 0.05) is 49.2 Å². The molecule has 1 aromatic carbocycles. The van der Waals surface area contributed by atoms with Gasteiger partial charge in [-0.25, -0.2) is 0 Å². The molecule has 2 aromatic heterocycles. The van der Waals surface area contributed by atoms with Crippen LogP contribution in [0.2, 0.25) is 0 Å². The monoisotopic (exact) mass is 391 g/mol. The Hall–Kier alpha value is -2.99. The predicted octanol–water partition coefficient (Wildman–Crippen LogP) is 2.91. The topological polar surface area (TPSA) is 64.4 Å². The van der Waals surface area contributed by atoms with Gasteiger partial charge < -0.3 is 14.2 Å². The van der Waals surface area contributed by atoms with Crippen LogP contribution in [0.25, 0.3) is 10.9 Å². The molecule has 150 valence electrons. The number of carbonyl (C=O) groups is 1. The van der Waals surface area contributed by atoms with Gasteiger partial charge >= 0.3 is 0 Å². The van der Waals surface area contributed by atoms with Gasteiger partial charge in [0.2, 0.25) is 5.91 Å². The van der Waals surface area contributed by atoms with E-state index < -0.39 is 0 Å². The summed E-state index contributed by atoms with van der Waals surface area (Å²) in [7, 11) is 0. The van der Waals surface area contributed by atoms with Crippen LogP contribution >= 0.6 is 0 Å². The number of amides is 1. The molecule has 0 bridgehead atoms. The van der Waals surface area contributed by atoms with Gasteiger partial charge in [-0.3, -0.25) is 14.6 Å². The summed E-state index contributed by atoms with van der Waals surface area (Å²) in [4.78, 5) is 31.6. The SMILES string of the molecule is Cc1cc(=O)c2ccccc2n1CC(=O)N(Cc1ccncc1)CC1CCCO1. The molecule has 1 aliphatic rings. The molecule has 1 amide bonds. The lowest BCUT2D eigenvalue weighted by atomic mass is 10.1. The molecule has 3 heterocycles. The van der Waals surface area contributed by atoms with Crippen molar-refractivity contribution >= 4 is 16.8 Å². The number of hydrogen-bond acceptors (Lipinski definition) is 4. The van der Waals surface area contributed by atoms with Crippen LogP contribution in [-0.2, 0) is 22.6 Å². The molecule has 1 unspecified atom stereocenters. The lowest BCUT2D eigenvalue weighted by molar-refractivity contribution is -0.134. The van der Waals surface area contributed by atoms with Crippen molar-refractivity contribution in [3.63, 3.8) is 0 Å². The Morgan fingerprint density at radius 3 is 2.79 bits per heavy atom. The van der Waals surface area contributed by atoms with E-state index in [1.54, 1.807) is 24.5 Å². The summed E-state index contributed by atoms with van der Waals surface area (Å²) in [5.74, 6) is 0.00853. The number of para-hydroxylation sites is 1. The average Bonchev–Trinajstić information content (AvgIpc) is 3.24. The second-order valence-electron chi connectivity index (χ2n) is 7.52. The van der Waals surface area contributed by atoms with Crippen molar-refractivity contribution in [2.24, 2.45) is 0 Å². The van der Waals surface area contributed by atoms with E-state index in [-0.39, 0.29) is 24.0 Å². The van der Waals surface area contributed by atoms with E-state index in [9.17, 15) is 9.59 Å².